The molecule has 0 unspecified atom stereocenters. The van der Waals surface area contributed by atoms with Gasteiger partial charge >= 0.3 is 0 Å². The molecule has 0 atom stereocenters. The fourth-order valence-corrected chi connectivity index (χ4v) is 3.35. The van der Waals surface area contributed by atoms with Crippen molar-refractivity contribution >= 4 is 5.91 Å². The summed E-state index contributed by atoms with van der Waals surface area (Å²) in [6.07, 6.45) is 3.61. The molecule has 1 aliphatic rings. The average Bonchev–Trinajstić information content (AvgIpc) is 3.19. The number of likely N-dealkylation sites (tertiary alicyclic amines) is 1. The molecule has 0 spiro atoms. The van der Waals surface area contributed by atoms with E-state index in [2.05, 4.69) is 10.3 Å². The molecular weight excluding hydrogens is 328 g/mol. The van der Waals surface area contributed by atoms with Crippen LogP contribution >= 0.6 is 0 Å². The molecular formula is C20H20N4O2. The van der Waals surface area contributed by atoms with Gasteiger partial charge in [0.25, 0.3) is 5.91 Å². The summed E-state index contributed by atoms with van der Waals surface area (Å²) in [5.74, 6) is -0.0893. The molecule has 1 aliphatic heterocycles. The summed E-state index contributed by atoms with van der Waals surface area (Å²) in [6, 6.07) is 16.9. The highest BCUT2D eigenvalue weighted by Crippen LogP contribution is 2.26. The number of phenolic OH excluding ortho intramolecular Hbond substituents is 1. The molecule has 2 aromatic carbocycles. The first-order valence-corrected chi connectivity index (χ1v) is 8.77. The van der Waals surface area contributed by atoms with Gasteiger partial charge in [-0.25, -0.2) is 4.68 Å². The van der Waals surface area contributed by atoms with E-state index < -0.39 is 0 Å². The highest BCUT2D eigenvalue weighted by molar-refractivity contribution is 5.96. The van der Waals surface area contributed by atoms with Gasteiger partial charge in [0.15, 0.2) is 0 Å². The Labute approximate surface area is 151 Å². The van der Waals surface area contributed by atoms with E-state index in [9.17, 15) is 9.90 Å². The fourth-order valence-electron chi connectivity index (χ4n) is 3.35. The van der Waals surface area contributed by atoms with E-state index >= 15 is 0 Å². The zero-order valence-electron chi connectivity index (χ0n) is 14.3. The summed E-state index contributed by atoms with van der Waals surface area (Å²) < 4.78 is 1.91. The lowest BCUT2D eigenvalue weighted by Gasteiger charge is -2.32. The summed E-state index contributed by atoms with van der Waals surface area (Å²) in [5.41, 5.74) is 2.27. The van der Waals surface area contributed by atoms with Crippen LogP contribution in [-0.2, 0) is 0 Å². The number of carbonyl (C=O) groups is 1. The predicted molar refractivity (Wildman–Crippen MR) is 97.7 cm³/mol. The van der Waals surface area contributed by atoms with E-state index in [0.29, 0.717) is 18.7 Å². The van der Waals surface area contributed by atoms with Crippen molar-refractivity contribution in [2.24, 2.45) is 0 Å². The van der Waals surface area contributed by atoms with E-state index in [-0.39, 0.29) is 17.7 Å². The molecule has 0 saturated carbocycles. The van der Waals surface area contributed by atoms with Gasteiger partial charge in [0.05, 0.1) is 17.8 Å². The van der Waals surface area contributed by atoms with Crippen LogP contribution in [0.5, 0.6) is 5.75 Å². The van der Waals surface area contributed by atoms with Crippen LogP contribution < -0.4 is 0 Å². The Bertz CT molecular complexity index is 899. The van der Waals surface area contributed by atoms with Crippen molar-refractivity contribution in [3.05, 3.63) is 66.4 Å². The lowest BCUT2D eigenvalue weighted by atomic mass is 10.0. The molecule has 26 heavy (non-hydrogen) atoms. The molecule has 6 heteroatoms. The van der Waals surface area contributed by atoms with Crippen molar-refractivity contribution < 1.29 is 9.90 Å². The SMILES string of the molecule is O=C(c1ccccc1O)N1CCC(n2cc(-c3ccccc3)nn2)CC1. The Morgan fingerprint density at radius 1 is 1.00 bits per heavy atom. The molecule has 1 amide bonds. The van der Waals surface area contributed by atoms with Gasteiger partial charge in [0, 0.05) is 18.7 Å². The topological polar surface area (TPSA) is 71.2 Å². The van der Waals surface area contributed by atoms with Gasteiger partial charge in [-0.2, -0.15) is 0 Å². The van der Waals surface area contributed by atoms with Gasteiger partial charge in [-0.15, -0.1) is 5.10 Å². The van der Waals surface area contributed by atoms with E-state index in [1.165, 1.54) is 0 Å². The van der Waals surface area contributed by atoms with Gasteiger partial charge in [-0.1, -0.05) is 47.7 Å². The number of nitrogens with zero attached hydrogens (tertiary/aromatic N) is 4. The van der Waals surface area contributed by atoms with Crippen LogP contribution in [0.25, 0.3) is 11.3 Å². The van der Waals surface area contributed by atoms with Gasteiger partial charge in [0.2, 0.25) is 0 Å². The number of benzene rings is 2. The normalized spacial score (nSPS) is 15.2. The molecule has 1 saturated heterocycles. The third kappa shape index (κ3) is 3.18. The minimum absolute atomic E-state index is 0.0309. The lowest BCUT2D eigenvalue weighted by molar-refractivity contribution is 0.0686. The van der Waals surface area contributed by atoms with Crippen LogP contribution in [0.1, 0.15) is 29.2 Å². The second-order valence-corrected chi connectivity index (χ2v) is 6.49. The molecule has 4 rings (SSSR count). The number of para-hydroxylation sites is 1. The summed E-state index contributed by atoms with van der Waals surface area (Å²) in [4.78, 5) is 14.4. The highest BCUT2D eigenvalue weighted by Gasteiger charge is 2.26. The molecule has 3 aromatic rings. The molecule has 0 radical (unpaired) electrons. The van der Waals surface area contributed by atoms with Gasteiger partial charge in [-0.05, 0) is 25.0 Å². The fraction of sp³-hybridized carbons (Fsp3) is 0.250. The van der Waals surface area contributed by atoms with Crippen molar-refractivity contribution in [3.8, 4) is 17.0 Å². The van der Waals surface area contributed by atoms with E-state index in [0.717, 1.165) is 24.1 Å². The lowest BCUT2D eigenvalue weighted by Crippen LogP contribution is -2.39. The zero-order chi connectivity index (χ0) is 17.9. The van der Waals surface area contributed by atoms with Crippen LogP contribution in [0.2, 0.25) is 0 Å². The maximum Gasteiger partial charge on any atom is 0.257 e. The molecule has 0 aliphatic carbocycles. The number of hydrogen-bond donors (Lipinski definition) is 1. The van der Waals surface area contributed by atoms with Gasteiger partial charge in [-0.3, -0.25) is 4.79 Å². The Morgan fingerprint density at radius 2 is 1.69 bits per heavy atom. The molecule has 132 valence electrons. The number of hydrogen-bond acceptors (Lipinski definition) is 4. The number of carbonyl (C=O) groups excluding carboxylic acids is 1. The van der Waals surface area contributed by atoms with Crippen LogP contribution in [0.4, 0.5) is 0 Å². The quantitative estimate of drug-likeness (QED) is 0.789. The Morgan fingerprint density at radius 3 is 2.42 bits per heavy atom. The number of aromatic hydroxyl groups is 1. The van der Waals surface area contributed by atoms with Crippen molar-refractivity contribution in [2.75, 3.05) is 13.1 Å². The molecule has 0 bridgehead atoms. The summed E-state index contributed by atoms with van der Waals surface area (Å²) in [5, 5.41) is 18.4. The van der Waals surface area contributed by atoms with Crippen LogP contribution in [0.15, 0.2) is 60.8 Å². The molecule has 1 fully saturated rings. The highest BCUT2D eigenvalue weighted by atomic mass is 16.3. The van der Waals surface area contributed by atoms with Gasteiger partial charge in [0.1, 0.15) is 11.4 Å². The second-order valence-electron chi connectivity index (χ2n) is 6.49. The Hall–Kier alpha value is -3.15. The number of piperidine rings is 1. The minimum Gasteiger partial charge on any atom is -0.507 e. The first kappa shape index (κ1) is 16.3. The Balaban J connectivity index is 1.42. The number of aromatic nitrogens is 3. The second kappa shape index (κ2) is 7.00. The maximum absolute atomic E-state index is 12.6. The summed E-state index contributed by atoms with van der Waals surface area (Å²) in [6.45, 7) is 1.27. The molecule has 2 heterocycles. The monoisotopic (exact) mass is 348 g/mol. The zero-order valence-corrected chi connectivity index (χ0v) is 14.3. The van der Waals surface area contributed by atoms with Crippen molar-refractivity contribution in [2.45, 2.75) is 18.9 Å². The smallest absolute Gasteiger partial charge is 0.257 e. The number of phenols is 1. The van der Waals surface area contributed by atoms with E-state index in [1.54, 1.807) is 29.2 Å². The third-order valence-corrected chi connectivity index (χ3v) is 4.84. The first-order chi connectivity index (χ1) is 12.7. The summed E-state index contributed by atoms with van der Waals surface area (Å²) in [7, 11) is 0. The minimum atomic E-state index is -0.120. The van der Waals surface area contributed by atoms with Gasteiger partial charge < -0.3 is 10.0 Å². The van der Waals surface area contributed by atoms with Crippen molar-refractivity contribution in [3.63, 3.8) is 0 Å². The Kier molecular flexibility index (Phi) is 4.39. The van der Waals surface area contributed by atoms with E-state index in [4.69, 9.17) is 0 Å². The number of rotatable bonds is 3. The number of amides is 1. The van der Waals surface area contributed by atoms with E-state index in [1.807, 2.05) is 41.2 Å². The van der Waals surface area contributed by atoms with Crippen LogP contribution in [0.3, 0.4) is 0 Å². The predicted octanol–water partition coefficient (Wildman–Crippen LogP) is 3.13. The maximum atomic E-state index is 12.6. The molecule has 1 N–H and O–H groups in total. The summed E-state index contributed by atoms with van der Waals surface area (Å²) >= 11 is 0. The third-order valence-electron chi connectivity index (χ3n) is 4.84. The molecule has 1 aromatic heterocycles. The van der Waals surface area contributed by atoms with Crippen molar-refractivity contribution in [1.29, 1.82) is 0 Å². The first-order valence-electron chi connectivity index (χ1n) is 8.77. The van der Waals surface area contributed by atoms with Crippen molar-refractivity contribution in [1.82, 2.24) is 19.9 Å². The largest absolute Gasteiger partial charge is 0.507 e. The van der Waals surface area contributed by atoms with Crippen LogP contribution in [0, 0.1) is 0 Å². The van der Waals surface area contributed by atoms with Crippen LogP contribution in [-0.4, -0.2) is 44.0 Å². The molecule has 6 nitrogen and oxygen atoms in total. The average molecular weight is 348 g/mol. The standard InChI is InChI=1S/C20H20N4O2/c25-19-9-5-4-8-17(19)20(26)23-12-10-16(11-13-23)24-14-18(21-22-24)15-6-2-1-3-7-15/h1-9,14,16,25H,10-13H2.